The van der Waals surface area contributed by atoms with Gasteiger partial charge in [-0.1, -0.05) is 0 Å². The molecule has 0 aromatic carbocycles. The summed E-state index contributed by atoms with van der Waals surface area (Å²) in [5, 5.41) is 5.56. The number of aromatic nitrogens is 2. The number of hydrogen-bond donors (Lipinski definition) is 3. The molecule has 1 atom stereocenters. The van der Waals surface area contributed by atoms with Gasteiger partial charge in [-0.3, -0.25) is 19.8 Å². The first-order valence-electron chi connectivity index (χ1n) is 9.76. The molecule has 4 amide bonds. The first-order valence-corrected chi connectivity index (χ1v) is 9.76. The van der Waals surface area contributed by atoms with E-state index in [4.69, 9.17) is 5.73 Å². The number of hydrogen-bond acceptors (Lipinski definition) is 6. The van der Waals surface area contributed by atoms with Gasteiger partial charge in [0, 0.05) is 30.9 Å². The van der Waals surface area contributed by atoms with Gasteiger partial charge in [-0.05, 0) is 44.5 Å². The van der Waals surface area contributed by atoms with E-state index < -0.39 is 11.9 Å². The van der Waals surface area contributed by atoms with Crippen LogP contribution in [-0.2, 0) is 0 Å². The lowest BCUT2D eigenvalue weighted by Gasteiger charge is -2.35. The molecule has 1 unspecified atom stereocenters. The lowest BCUT2D eigenvalue weighted by atomic mass is 10.1. The van der Waals surface area contributed by atoms with E-state index in [2.05, 4.69) is 25.5 Å². The van der Waals surface area contributed by atoms with Crippen LogP contribution in [0.4, 0.5) is 22.1 Å². The smallest absolute Gasteiger partial charge is 0.329 e. The lowest BCUT2D eigenvalue weighted by Crippen LogP contribution is -2.48. The van der Waals surface area contributed by atoms with Gasteiger partial charge in [0.2, 0.25) is 0 Å². The number of carbonyl (C=O) groups excluding carboxylic acids is 3. The molecular formula is C20H23N7O3. The molecule has 2 aromatic rings. The van der Waals surface area contributed by atoms with E-state index in [1.807, 2.05) is 13.8 Å². The van der Waals surface area contributed by atoms with E-state index in [0.717, 1.165) is 18.7 Å². The number of pyridine rings is 2. The van der Waals surface area contributed by atoms with Gasteiger partial charge in [0.25, 0.3) is 11.8 Å². The lowest BCUT2D eigenvalue weighted by molar-refractivity contribution is 0.0941. The maximum absolute atomic E-state index is 13.2. The summed E-state index contributed by atoms with van der Waals surface area (Å²) >= 11 is 0. The summed E-state index contributed by atoms with van der Waals surface area (Å²) in [4.78, 5) is 49.2. The average Bonchev–Trinajstić information content (AvgIpc) is 3.11. The molecule has 156 valence electrons. The number of nitrogens with one attached hydrogen (secondary N) is 2. The van der Waals surface area contributed by atoms with Gasteiger partial charge in [0.1, 0.15) is 11.5 Å². The molecular weight excluding hydrogens is 386 g/mol. The molecule has 0 saturated carbocycles. The van der Waals surface area contributed by atoms with E-state index in [1.165, 1.54) is 12.3 Å². The number of fused-ring (bicyclic) bond motifs is 4. The molecule has 2 aliphatic rings. The van der Waals surface area contributed by atoms with Gasteiger partial charge in [-0.2, -0.15) is 0 Å². The highest BCUT2D eigenvalue weighted by atomic mass is 16.2. The van der Waals surface area contributed by atoms with Gasteiger partial charge in [-0.15, -0.1) is 0 Å². The van der Waals surface area contributed by atoms with Crippen molar-refractivity contribution < 1.29 is 14.4 Å². The van der Waals surface area contributed by atoms with Crippen LogP contribution in [0.2, 0.25) is 0 Å². The third-order valence-corrected chi connectivity index (χ3v) is 5.10. The summed E-state index contributed by atoms with van der Waals surface area (Å²) < 4.78 is 0. The Morgan fingerprint density at radius 2 is 2.03 bits per heavy atom. The van der Waals surface area contributed by atoms with Crippen LogP contribution < -0.4 is 26.2 Å². The number of primary amides is 1. The second-order valence-electron chi connectivity index (χ2n) is 7.65. The van der Waals surface area contributed by atoms with Crippen LogP contribution >= 0.6 is 0 Å². The molecule has 10 nitrogen and oxygen atoms in total. The van der Waals surface area contributed by atoms with Crippen molar-refractivity contribution in [2.45, 2.75) is 32.4 Å². The number of rotatable bonds is 4. The normalized spacial score (nSPS) is 17.0. The zero-order valence-electron chi connectivity index (χ0n) is 16.8. The Labute approximate surface area is 173 Å². The second-order valence-corrected chi connectivity index (χ2v) is 7.65. The minimum atomic E-state index is -0.656. The Kier molecular flexibility index (Phi) is 4.98. The molecule has 2 bridgehead atoms. The Bertz CT molecular complexity index is 1020. The van der Waals surface area contributed by atoms with E-state index in [1.54, 1.807) is 23.1 Å². The van der Waals surface area contributed by atoms with Crippen molar-refractivity contribution in [2.75, 3.05) is 28.2 Å². The van der Waals surface area contributed by atoms with E-state index in [0.29, 0.717) is 17.9 Å². The maximum Gasteiger partial charge on any atom is 0.329 e. The summed E-state index contributed by atoms with van der Waals surface area (Å²) in [6.07, 6.45) is 2.25. The summed E-state index contributed by atoms with van der Waals surface area (Å²) in [5.41, 5.74) is 6.65. The summed E-state index contributed by atoms with van der Waals surface area (Å²) in [6.45, 7) is 5.21. The van der Waals surface area contributed by atoms with Crippen molar-refractivity contribution in [3.05, 3.63) is 41.7 Å². The van der Waals surface area contributed by atoms with E-state index in [9.17, 15) is 14.4 Å². The van der Waals surface area contributed by atoms with Crippen molar-refractivity contribution in [1.82, 2.24) is 15.3 Å². The molecule has 2 aromatic heterocycles. The van der Waals surface area contributed by atoms with Crippen molar-refractivity contribution in [3.63, 3.8) is 0 Å². The average molecular weight is 409 g/mol. The molecule has 0 radical (unpaired) electrons. The molecule has 10 heteroatoms. The maximum atomic E-state index is 13.2. The van der Waals surface area contributed by atoms with Gasteiger partial charge in [0.15, 0.2) is 5.82 Å². The molecule has 4 rings (SSSR count). The first kappa shape index (κ1) is 19.6. The molecule has 2 aliphatic heterocycles. The predicted octanol–water partition coefficient (Wildman–Crippen LogP) is 1.34. The minimum Gasteiger partial charge on any atom is -0.366 e. The van der Waals surface area contributed by atoms with E-state index in [-0.39, 0.29) is 29.5 Å². The second kappa shape index (κ2) is 7.62. The highest BCUT2D eigenvalue weighted by Gasteiger charge is 2.40. The Balaban J connectivity index is 1.61. The Morgan fingerprint density at radius 3 is 2.77 bits per heavy atom. The third kappa shape index (κ3) is 3.63. The van der Waals surface area contributed by atoms with Crippen LogP contribution in [0.1, 0.15) is 41.1 Å². The predicted molar refractivity (Wildman–Crippen MR) is 112 cm³/mol. The van der Waals surface area contributed by atoms with Crippen molar-refractivity contribution >= 4 is 35.2 Å². The number of carbonyl (C=O) groups is 3. The van der Waals surface area contributed by atoms with Crippen molar-refractivity contribution in [3.8, 4) is 0 Å². The highest BCUT2D eigenvalue weighted by molar-refractivity contribution is 6.05. The molecule has 1 fully saturated rings. The van der Waals surface area contributed by atoms with Crippen LogP contribution in [0.15, 0.2) is 30.5 Å². The molecule has 0 spiro atoms. The van der Waals surface area contributed by atoms with Gasteiger partial charge in [0.05, 0.1) is 11.7 Å². The standard InChI is InChI=1S/C20H23N7O3/c1-11(2)23-19(29)12-5-7-22-16(9-12)25-20(30)27-13-6-8-26(10-13)15-4-3-14(17(21)28)24-18(15)27/h3-5,7,9,11,13H,6,8,10H2,1-2H3,(H2,21,28)(H,23,29)(H,22,25,30). The first-order chi connectivity index (χ1) is 14.3. The van der Waals surface area contributed by atoms with Crippen LogP contribution in [0.25, 0.3) is 0 Å². The van der Waals surface area contributed by atoms with Crippen LogP contribution in [-0.4, -0.2) is 53.0 Å². The minimum absolute atomic E-state index is 0.00982. The molecule has 1 saturated heterocycles. The fourth-order valence-electron chi connectivity index (χ4n) is 3.76. The number of urea groups is 1. The zero-order chi connectivity index (χ0) is 21.4. The van der Waals surface area contributed by atoms with Crippen molar-refractivity contribution in [1.29, 1.82) is 0 Å². The SMILES string of the molecule is CC(C)NC(=O)c1ccnc(NC(=O)N2c3nc(C(N)=O)ccc3N3CCC2C3)c1. The third-order valence-electron chi connectivity index (χ3n) is 5.10. The number of nitrogens with zero attached hydrogens (tertiary/aromatic N) is 4. The zero-order valence-corrected chi connectivity index (χ0v) is 16.8. The summed E-state index contributed by atoms with van der Waals surface area (Å²) in [6, 6.07) is 5.91. The van der Waals surface area contributed by atoms with E-state index >= 15 is 0 Å². The molecule has 30 heavy (non-hydrogen) atoms. The fourth-order valence-corrected chi connectivity index (χ4v) is 3.76. The molecule has 0 aliphatic carbocycles. The van der Waals surface area contributed by atoms with Crippen LogP contribution in [0.3, 0.4) is 0 Å². The molecule has 4 N–H and O–H groups in total. The summed E-state index contributed by atoms with van der Waals surface area (Å²) in [5.74, 6) is -0.252. The molecule has 4 heterocycles. The quantitative estimate of drug-likeness (QED) is 0.698. The largest absolute Gasteiger partial charge is 0.366 e. The Hall–Kier alpha value is -3.69. The van der Waals surface area contributed by atoms with Crippen LogP contribution in [0.5, 0.6) is 0 Å². The Morgan fingerprint density at radius 1 is 1.23 bits per heavy atom. The van der Waals surface area contributed by atoms with Gasteiger partial charge >= 0.3 is 6.03 Å². The number of nitrogens with two attached hydrogens (primary N) is 1. The van der Waals surface area contributed by atoms with Crippen LogP contribution in [0, 0.1) is 0 Å². The highest BCUT2D eigenvalue weighted by Crippen LogP contribution is 2.39. The number of amides is 4. The van der Waals surface area contributed by atoms with Crippen molar-refractivity contribution in [2.24, 2.45) is 5.73 Å². The topological polar surface area (TPSA) is 134 Å². The monoisotopic (exact) mass is 409 g/mol. The fraction of sp³-hybridized carbons (Fsp3) is 0.350. The summed E-state index contributed by atoms with van der Waals surface area (Å²) in [7, 11) is 0. The number of anilines is 3. The van der Waals surface area contributed by atoms with Gasteiger partial charge < -0.3 is 16.0 Å². The van der Waals surface area contributed by atoms with Gasteiger partial charge in [-0.25, -0.2) is 14.8 Å².